The van der Waals surface area contributed by atoms with Crippen molar-refractivity contribution >= 4 is 40.3 Å². The number of rotatable bonds is 3. The van der Waals surface area contributed by atoms with Gasteiger partial charge in [-0.3, -0.25) is 0 Å². The number of nitrogens with zero attached hydrogens (tertiary/aromatic N) is 4. The van der Waals surface area contributed by atoms with Crippen molar-refractivity contribution in [1.29, 1.82) is 0 Å². The van der Waals surface area contributed by atoms with E-state index in [1.807, 2.05) is 31.3 Å². The van der Waals surface area contributed by atoms with E-state index in [-0.39, 0.29) is 5.75 Å². The van der Waals surface area contributed by atoms with E-state index in [0.29, 0.717) is 18.1 Å². The van der Waals surface area contributed by atoms with E-state index in [0.717, 1.165) is 51.5 Å². The van der Waals surface area contributed by atoms with Crippen LogP contribution in [0.25, 0.3) is 22.5 Å². The van der Waals surface area contributed by atoms with Crippen LogP contribution in [0, 0.1) is 0 Å². The second-order valence-electron chi connectivity index (χ2n) is 8.62. The zero-order chi connectivity index (χ0) is 21.8. The SMILES string of the molecule is COc1nc2c(c(N3CC4CCC(C3)N4)n1)SN(C)C(c1cc(O)cc3ccccc13)=C2. The van der Waals surface area contributed by atoms with Gasteiger partial charge < -0.3 is 24.4 Å². The third kappa shape index (κ3) is 3.25. The Hall–Kier alpha value is -2.97. The molecule has 8 heteroatoms. The Kier molecular flexibility index (Phi) is 4.66. The number of ether oxygens (including phenoxy) is 1. The van der Waals surface area contributed by atoms with E-state index < -0.39 is 0 Å². The molecule has 2 unspecified atom stereocenters. The van der Waals surface area contributed by atoms with Gasteiger partial charge in [-0.05, 0) is 53.8 Å². The Labute approximate surface area is 191 Å². The number of phenols is 1. The molecule has 3 aromatic rings. The minimum absolute atomic E-state index is 0.251. The Morgan fingerprint density at radius 3 is 2.69 bits per heavy atom. The number of methoxy groups -OCH3 is 1. The molecule has 2 atom stereocenters. The van der Waals surface area contributed by atoms with E-state index in [2.05, 4.69) is 26.7 Å². The van der Waals surface area contributed by atoms with Crippen molar-refractivity contribution in [3.63, 3.8) is 0 Å². The molecule has 0 spiro atoms. The molecular weight excluding hydrogens is 422 g/mol. The Balaban J connectivity index is 1.49. The Morgan fingerprint density at radius 1 is 1.12 bits per heavy atom. The van der Waals surface area contributed by atoms with Crippen LogP contribution in [0.15, 0.2) is 41.3 Å². The third-order valence-electron chi connectivity index (χ3n) is 6.52. The highest BCUT2D eigenvalue weighted by atomic mass is 32.2. The summed E-state index contributed by atoms with van der Waals surface area (Å²) in [6, 6.07) is 13.1. The van der Waals surface area contributed by atoms with Crippen molar-refractivity contribution < 1.29 is 9.84 Å². The van der Waals surface area contributed by atoms with Crippen molar-refractivity contribution in [2.24, 2.45) is 0 Å². The van der Waals surface area contributed by atoms with Gasteiger partial charge in [-0.2, -0.15) is 9.97 Å². The number of aromatic hydroxyl groups is 1. The van der Waals surface area contributed by atoms with Gasteiger partial charge in [-0.15, -0.1) is 0 Å². The van der Waals surface area contributed by atoms with Crippen molar-refractivity contribution in [2.75, 3.05) is 32.1 Å². The van der Waals surface area contributed by atoms with Crippen molar-refractivity contribution in [3.8, 4) is 11.8 Å². The smallest absolute Gasteiger partial charge is 0.318 e. The Bertz CT molecular complexity index is 1230. The predicted molar refractivity (Wildman–Crippen MR) is 128 cm³/mol. The first kappa shape index (κ1) is 19.7. The standard InChI is InChI=1S/C24H25N5O2S/c1-28-21(19-10-17(30)9-14-5-3-4-6-18(14)19)11-20-22(32-28)23(27-24(26-20)31-2)29-12-15-7-8-16(13-29)25-15/h3-6,9-11,15-16,25,30H,7-8,12-13H2,1-2H3. The van der Waals surface area contributed by atoms with Gasteiger partial charge in [0.1, 0.15) is 5.75 Å². The van der Waals surface area contributed by atoms with Gasteiger partial charge in [0.05, 0.1) is 23.4 Å². The van der Waals surface area contributed by atoms with E-state index in [1.54, 1.807) is 25.1 Å². The maximum absolute atomic E-state index is 10.4. The summed E-state index contributed by atoms with van der Waals surface area (Å²) in [4.78, 5) is 12.9. The van der Waals surface area contributed by atoms with Gasteiger partial charge in [-0.25, -0.2) is 0 Å². The summed E-state index contributed by atoms with van der Waals surface area (Å²) >= 11 is 1.63. The molecule has 2 saturated heterocycles. The first-order valence-corrected chi connectivity index (χ1v) is 11.7. The summed E-state index contributed by atoms with van der Waals surface area (Å²) in [5.41, 5.74) is 2.81. The van der Waals surface area contributed by atoms with E-state index in [9.17, 15) is 5.11 Å². The second kappa shape index (κ2) is 7.56. The molecule has 6 rings (SSSR count). The highest BCUT2D eigenvalue weighted by molar-refractivity contribution is 7.97. The molecule has 2 fully saturated rings. The number of anilines is 1. The van der Waals surface area contributed by atoms with Crippen molar-refractivity contribution in [3.05, 3.63) is 47.7 Å². The highest BCUT2D eigenvalue weighted by Crippen LogP contribution is 2.45. The zero-order valence-electron chi connectivity index (χ0n) is 18.1. The van der Waals surface area contributed by atoms with Crippen LogP contribution in [0.4, 0.5) is 5.82 Å². The average molecular weight is 448 g/mol. The highest BCUT2D eigenvalue weighted by Gasteiger charge is 2.35. The maximum atomic E-state index is 10.4. The molecule has 3 aliphatic heterocycles. The first-order chi connectivity index (χ1) is 15.6. The normalized spacial score (nSPS) is 22.1. The minimum Gasteiger partial charge on any atom is -0.508 e. The predicted octanol–water partition coefficient (Wildman–Crippen LogP) is 3.74. The molecule has 2 aromatic carbocycles. The largest absolute Gasteiger partial charge is 0.508 e. The summed E-state index contributed by atoms with van der Waals surface area (Å²) in [5.74, 6) is 1.19. The topological polar surface area (TPSA) is 73.8 Å². The van der Waals surface area contributed by atoms with Crippen LogP contribution in [0.1, 0.15) is 24.1 Å². The molecule has 7 nitrogen and oxygen atoms in total. The van der Waals surface area contributed by atoms with Gasteiger partial charge in [0, 0.05) is 37.8 Å². The first-order valence-electron chi connectivity index (χ1n) is 10.9. The van der Waals surface area contributed by atoms with Crippen LogP contribution in [0.5, 0.6) is 11.8 Å². The van der Waals surface area contributed by atoms with Crippen molar-refractivity contribution in [1.82, 2.24) is 19.6 Å². The third-order valence-corrected chi connectivity index (χ3v) is 7.56. The lowest BCUT2D eigenvalue weighted by Crippen LogP contribution is -2.51. The maximum Gasteiger partial charge on any atom is 0.318 e. The summed E-state index contributed by atoms with van der Waals surface area (Å²) in [6.07, 6.45) is 4.51. The van der Waals surface area contributed by atoms with Gasteiger partial charge in [-0.1, -0.05) is 24.3 Å². The molecule has 0 saturated carbocycles. The Morgan fingerprint density at radius 2 is 1.91 bits per heavy atom. The summed E-state index contributed by atoms with van der Waals surface area (Å²) in [6.45, 7) is 1.89. The molecular formula is C24H25N5O2S. The van der Waals surface area contributed by atoms with Gasteiger partial charge in [0.25, 0.3) is 0 Å². The number of fused-ring (bicyclic) bond motifs is 4. The molecule has 1 aromatic heterocycles. The molecule has 2 N–H and O–H groups in total. The van der Waals surface area contributed by atoms with Gasteiger partial charge in [0.2, 0.25) is 0 Å². The average Bonchev–Trinajstić information content (AvgIpc) is 3.14. The number of phenolic OH excluding ortho intramolecular Hbond substituents is 1. The van der Waals surface area contributed by atoms with Crippen LogP contribution in [0.2, 0.25) is 0 Å². The minimum atomic E-state index is 0.251. The lowest BCUT2D eigenvalue weighted by atomic mass is 10.0. The summed E-state index contributed by atoms with van der Waals surface area (Å²) in [5, 5.41) is 16.1. The number of hydrogen-bond acceptors (Lipinski definition) is 8. The molecule has 0 aliphatic carbocycles. The van der Waals surface area contributed by atoms with Crippen LogP contribution < -0.4 is 15.0 Å². The number of piperazine rings is 1. The number of aromatic nitrogens is 2. The van der Waals surface area contributed by atoms with Crippen LogP contribution >= 0.6 is 11.9 Å². The molecule has 2 bridgehead atoms. The van der Waals surface area contributed by atoms with E-state index in [4.69, 9.17) is 14.7 Å². The number of benzene rings is 2. The molecule has 3 aliphatic rings. The number of nitrogens with one attached hydrogen (secondary N) is 1. The zero-order valence-corrected chi connectivity index (χ0v) is 18.9. The van der Waals surface area contributed by atoms with Crippen molar-refractivity contribution in [2.45, 2.75) is 29.8 Å². The van der Waals surface area contributed by atoms with E-state index in [1.165, 1.54) is 12.8 Å². The molecule has 0 radical (unpaired) electrons. The quantitative estimate of drug-likeness (QED) is 0.589. The lowest BCUT2D eigenvalue weighted by molar-refractivity contribution is 0.376. The molecule has 32 heavy (non-hydrogen) atoms. The summed E-state index contributed by atoms with van der Waals surface area (Å²) in [7, 11) is 3.66. The van der Waals surface area contributed by atoms with Crippen LogP contribution in [0.3, 0.4) is 0 Å². The summed E-state index contributed by atoms with van der Waals surface area (Å²) < 4.78 is 7.62. The second-order valence-corrected chi connectivity index (χ2v) is 9.76. The van der Waals surface area contributed by atoms with E-state index >= 15 is 0 Å². The lowest BCUT2D eigenvalue weighted by Gasteiger charge is -2.36. The fourth-order valence-corrected chi connectivity index (χ4v) is 6.03. The molecule has 164 valence electrons. The number of hydrogen-bond donors (Lipinski definition) is 2. The molecule has 4 heterocycles. The van der Waals surface area contributed by atoms with Crippen LogP contribution in [-0.4, -0.2) is 58.7 Å². The van der Waals surface area contributed by atoms with Gasteiger partial charge >= 0.3 is 6.01 Å². The molecule has 0 amide bonds. The fourth-order valence-electron chi connectivity index (χ4n) is 5.06. The fraction of sp³-hybridized carbons (Fsp3) is 0.333. The monoisotopic (exact) mass is 447 g/mol. The van der Waals surface area contributed by atoms with Crippen LogP contribution in [-0.2, 0) is 0 Å². The van der Waals surface area contributed by atoms with Gasteiger partial charge in [0.15, 0.2) is 5.82 Å².